The highest BCUT2D eigenvalue weighted by molar-refractivity contribution is 8.00. The molecule has 5 nitrogen and oxygen atoms in total. The summed E-state index contributed by atoms with van der Waals surface area (Å²) in [5, 5.41) is 1.19. The van der Waals surface area contributed by atoms with Crippen molar-refractivity contribution in [2.45, 2.75) is 61.6 Å². The first-order valence-electron chi connectivity index (χ1n) is 9.03. The summed E-state index contributed by atoms with van der Waals surface area (Å²) in [7, 11) is 0. The Kier molecular flexibility index (Phi) is 4.90. The predicted octanol–water partition coefficient (Wildman–Crippen LogP) is 3.18. The summed E-state index contributed by atoms with van der Waals surface area (Å²) in [6, 6.07) is 7.43. The maximum absolute atomic E-state index is 13.0. The number of Topliss-reactive ketones (excluding diaryl/α,β-unsaturated/α-hetero) is 1. The molecule has 2 atom stereocenters. The maximum Gasteiger partial charge on any atom is 0.262 e. The van der Waals surface area contributed by atoms with E-state index in [1.54, 1.807) is 4.57 Å². The Morgan fingerprint density at radius 1 is 1.16 bits per heavy atom. The van der Waals surface area contributed by atoms with Gasteiger partial charge in [-0.2, -0.15) is 0 Å². The first-order chi connectivity index (χ1) is 12.2. The summed E-state index contributed by atoms with van der Waals surface area (Å²) in [6.07, 6.45) is 5.60. The molecule has 1 aliphatic carbocycles. The SMILES string of the molecule is O=C1CCCC[C@@H]1Sc1nc2ccccc2c(=O)n1C[C@@H]1CCCO1. The number of fused-ring (bicyclic) bond motifs is 1. The van der Waals surface area contributed by atoms with Crippen molar-refractivity contribution in [1.82, 2.24) is 9.55 Å². The van der Waals surface area contributed by atoms with Gasteiger partial charge >= 0.3 is 0 Å². The number of ketones is 1. The molecule has 1 saturated carbocycles. The number of thioether (sulfide) groups is 1. The van der Waals surface area contributed by atoms with Crippen LogP contribution in [-0.2, 0) is 16.1 Å². The summed E-state index contributed by atoms with van der Waals surface area (Å²) >= 11 is 1.46. The average molecular weight is 358 g/mol. The number of hydrogen-bond acceptors (Lipinski definition) is 5. The normalized spacial score (nSPS) is 24.1. The Morgan fingerprint density at radius 3 is 2.84 bits per heavy atom. The summed E-state index contributed by atoms with van der Waals surface area (Å²) in [6.45, 7) is 1.27. The molecule has 4 rings (SSSR count). The van der Waals surface area contributed by atoms with Gasteiger partial charge in [0, 0.05) is 13.0 Å². The van der Waals surface area contributed by atoms with E-state index in [2.05, 4.69) is 0 Å². The third-order valence-electron chi connectivity index (χ3n) is 4.98. The van der Waals surface area contributed by atoms with E-state index in [0.717, 1.165) is 38.7 Å². The summed E-state index contributed by atoms with van der Waals surface area (Å²) in [5.41, 5.74) is 0.661. The zero-order valence-corrected chi connectivity index (χ0v) is 15.0. The van der Waals surface area contributed by atoms with Gasteiger partial charge in [-0.15, -0.1) is 0 Å². The summed E-state index contributed by atoms with van der Waals surface area (Å²) in [5.74, 6) is 0.280. The highest BCUT2D eigenvalue weighted by Crippen LogP contribution is 2.31. The van der Waals surface area contributed by atoms with E-state index in [9.17, 15) is 9.59 Å². The lowest BCUT2D eigenvalue weighted by Gasteiger charge is -2.22. The summed E-state index contributed by atoms with van der Waals surface area (Å²) < 4.78 is 7.45. The Hall–Kier alpha value is -1.66. The number of benzene rings is 1. The lowest BCUT2D eigenvalue weighted by molar-refractivity contribution is -0.119. The van der Waals surface area contributed by atoms with Gasteiger partial charge < -0.3 is 4.74 Å². The fourth-order valence-electron chi connectivity index (χ4n) is 3.59. The molecule has 1 aromatic carbocycles. The monoisotopic (exact) mass is 358 g/mol. The molecule has 2 aromatic rings. The van der Waals surface area contributed by atoms with Crippen molar-refractivity contribution in [3.05, 3.63) is 34.6 Å². The van der Waals surface area contributed by atoms with Crippen LogP contribution in [0.4, 0.5) is 0 Å². The van der Waals surface area contributed by atoms with Gasteiger partial charge in [-0.25, -0.2) is 4.98 Å². The van der Waals surface area contributed by atoms with E-state index in [-0.39, 0.29) is 22.7 Å². The lowest BCUT2D eigenvalue weighted by Crippen LogP contribution is -2.30. The Labute approximate surface area is 150 Å². The van der Waals surface area contributed by atoms with Crippen LogP contribution in [0.5, 0.6) is 0 Å². The van der Waals surface area contributed by atoms with Crippen molar-refractivity contribution in [2.75, 3.05) is 6.61 Å². The van der Waals surface area contributed by atoms with Crippen molar-refractivity contribution < 1.29 is 9.53 Å². The van der Waals surface area contributed by atoms with Crippen LogP contribution in [0.15, 0.2) is 34.2 Å². The smallest absolute Gasteiger partial charge is 0.262 e. The number of ether oxygens (including phenoxy) is 1. The van der Waals surface area contributed by atoms with Crippen LogP contribution >= 0.6 is 11.8 Å². The molecule has 25 heavy (non-hydrogen) atoms. The number of hydrogen-bond donors (Lipinski definition) is 0. The van der Waals surface area contributed by atoms with Gasteiger partial charge in [-0.05, 0) is 37.8 Å². The van der Waals surface area contributed by atoms with Crippen molar-refractivity contribution in [2.24, 2.45) is 0 Å². The molecular weight excluding hydrogens is 336 g/mol. The van der Waals surface area contributed by atoms with Crippen LogP contribution < -0.4 is 5.56 Å². The molecule has 132 valence electrons. The standard InChI is InChI=1S/C19H22N2O3S/c22-16-9-3-4-10-17(16)25-19-20-15-8-2-1-7-14(15)18(23)21(19)12-13-6-5-11-24-13/h1-2,7-8,13,17H,3-6,9-12H2/t13-,17-/m0/s1. The van der Waals surface area contributed by atoms with Crippen LogP contribution in [0.1, 0.15) is 38.5 Å². The Morgan fingerprint density at radius 2 is 2.04 bits per heavy atom. The minimum atomic E-state index is -0.0856. The third-order valence-corrected chi connectivity index (χ3v) is 6.29. The van der Waals surface area contributed by atoms with Gasteiger partial charge in [-0.1, -0.05) is 30.3 Å². The van der Waals surface area contributed by atoms with Crippen LogP contribution in [0.2, 0.25) is 0 Å². The number of rotatable bonds is 4. The van der Waals surface area contributed by atoms with E-state index < -0.39 is 0 Å². The van der Waals surface area contributed by atoms with E-state index >= 15 is 0 Å². The molecule has 2 heterocycles. The molecule has 0 spiro atoms. The second-order valence-electron chi connectivity index (χ2n) is 6.78. The molecule has 0 N–H and O–H groups in total. The predicted molar refractivity (Wildman–Crippen MR) is 98.1 cm³/mol. The summed E-state index contributed by atoms with van der Waals surface area (Å²) in [4.78, 5) is 30.0. The van der Waals surface area contributed by atoms with Crippen molar-refractivity contribution >= 4 is 28.4 Å². The number of aromatic nitrogens is 2. The van der Waals surface area contributed by atoms with Gasteiger partial charge in [0.25, 0.3) is 5.56 Å². The van der Waals surface area contributed by atoms with E-state index in [0.29, 0.717) is 29.0 Å². The van der Waals surface area contributed by atoms with E-state index in [4.69, 9.17) is 9.72 Å². The zero-order chi connectivity index (χ0) is 17.2. The molecule has 1 aromatic heterocycles. The topological polar surface area (TPSA) is 61.2 Å². The zero-order valence-electron chi connectivity index (χ0n) is 14.1. The maximum atomic E-state index is 13.0. The molecule has 0 amide bonds. The number of para-hydroxylation sites is 1. The van der Waals surface area contributed by atoms with E-state index in [1.165, 1.54) is 11.8 Å². The van der Waals surface area contributed by atoms with Crippen LogP contribution in [0.25, 0.3) is 10.9 Å². The minimum absolute atomic E-state index is 0.0353. The van der Waals surface area contributed by atoms with Gasteiger partial charge in [0.1, 0.15) is 5.78 Å². The quantitative estimate of drug-likeness (QED) is 0.786. The average Bonchev–Trinajstić information content (AvgIpc) is 3.13. The molecule has 2 fully saturated rings. The highest BCUT2D eigenvalue weighted by Gasteiger charge is 2.27. The van der Waals surface area contributed by atoms with Gasteiger partial charge in [-0.3, -0.25) is 14.2 Å². The fraction of sp³-hybridized carbons (Fsp3) is 0.526. The Balaban J connectivity index is 1.74. The molecule has 0 unspecified atom stereocenters. The highest BCUT2D eigenvalue weighted by atomic mass is 32.2. The Bertz CT molecular complexity index is 842. The first-order valence-corrected chi connectivity index (χ1v) is 9.91. The molecule has 1 aliphatic heterocycles. The second-order valence-corrected chi connectivity index (χ2v) is 7.95. The van der Waals surface area contributed by atoms with Crippen LogP contribution in [-0.4, -0.2) is 33.3 Å². The molecule has 2 aliphatic rings. The lowest BCUT2D eigenvalue weighted by atomic mass is 9.99. The van der Waals surface area contributed by atoms with Crippen LogP contribution in [0, 0.1) is 0 Å². The van der Waals surface area contributed by atoms with Gasteiger partial charge in [0.15, 0.2) is 5.16 Å². The molecule has 0 radical (unpaired) electrons. The van der Waals surface area contributed by atoms with Gasteiger partial charge in [0.05, 0.1) is 28.8 Å². The number of carbonyl (C=O) groups is 1. The third kappa shape index (κ3) is 3.51. The van der Waals surface area contributed by atoms with Gasteiger partial charge in [0.2, 0.25) is 0 Å². The molecule has 1 saturated heterocycles. The first kappa shape index (κ1) is 16.8. The molecule has 0 bridgehead atoms. The largest absolute Gasteiger partial charge is 0.376 e. The van der Waals surface area contributed by atoms with Crippen molar-refractivity contribution in [1.29, 1.82) is 0 Å². The fourth-order valence-corrected chi connectivity index (χ4v) is 4.82. The number of carbonyl (C=O) groups excluding carboxylic acids is 1. The second kappa shape index (κ2) is 7.30. The molecular formula is C19H22N2O3S. The van der Waals surface area contributed by atoms with Crippen molar-refractivity contribution in [3.8, 4) is 0 Å². The minimum Gasteiger partial charge on any atom is -0.376 e. The molecule has 6 heteroatoms. The van der Waals surface area contributed by atoms with E-state index in [1.807, 2.05) is 24.3 Å². The van der Waals surface area contributed by atoms with Crippen molar-refractivity contribution in [3.63, 3.8) is 0 Å². The number of nitrogens with zero attached hydrogens (tertiary/aromatic N) is 2. The van der Waals surface area contributed by atoms with Crippen LogP contribution in [0.3, 0.4) is 0 Å².